The second kappa shape index (κ2) is 4.19. The van der Waals surface area contributed by atoms with Crippen LogP contribution in [0.3, 0.4) is 0 Å². The third kappa shape index (κ3) is 1.67. The van der Waals surface area contributed by atoms with Crippen LogP contribution in [0.5, 0.6) is 0 Å². The first kappa shape index (κ1) is 12.9. The van der Waals surface area contributed by atoms with E-state index in [2.05, 4.69) is 25.7 Å². The van der Waals surface area contributed by atoms with Crippen LogP contribution in [0.2, 0.25) is 0 Å². The largest absolute Gasteiger partial charge is 0.377 e. The number of likely N-dealkylation sites (tertiary alicyclic amines) is 1. The summed E-state index contributed by atoms with van der Waals surface area (Å²) in [5, 5.41) is 0. The summed E-state index contributed by atoms with van der Waals surface area (Å²) >= 11 is 0. The summed E-state index contributed by atoms with van der Waals surface area (Å²) in [6, 6.07) is 0. The van der Waals surface area contributed by atoms with Gasteiger partial charge < -0.3 is 15.4 Å². The van der Waals surface area contributed by atoms with Gasteiger partial charge >= 0.3 is 0 Å². The molecule has 1 saturated carbocycles. The molecule has 0 aromatic rings. The molecule has 3 rings (SSSR count). The molecule has 4 atom stereocenters. The second-order valence-electron chi connectivity index (χ2n) is 7.43. The van der Waals surface area contributed by atoms with Crippen molar-refractivity contribution in [1.29, 1.82) is 0 Å². The molecule has 3 heteroatoms. The summed E-state index contributed by atoms with van der Waals surface area (Å²) in [7, 11) is 0. The Bertz CT molecular complexity index is 330. The zero-order chi connectivity index (χ0) is 13.0. The molecule has 3 nitrogen and oxygen atoms in total. The molecule has 4 unspecified atom stereocenters. The zero-order valence-electron chi connectivity index (χ0n) is 12.1. The van der Waals surface area contributed by atoms with Crippen LogP contribution in [-0.4, -0.2) is 42.8 Å². The first-order valence-electron chi connectivity index (χ1n) is 7.58. The van der Waals surface area contributed by atoms with Gasteiger partial charge in [-0.3, -0.25) is 0 Å². The van der Waals surface area contributed by atoms with Crippen molar-refractivity contribution in [2.24, 2.45) is 23.0 Å². The SMILES string of the molecule is CC1CCN(CC2(N)C3CCCOC3C2(C)C)C1. The molecule has 0 amide bonds. The van der Waals surface area contributed by atoms with Crippen LogP contribution in [0.25, 0.3) is 0 Å². The van der Waals surface area contributed by atoms with Crippen molar-refractivity contribution in [2.75, 3.05) is 26.2 Å². The maximum atomic E-state index is 6.84. The van der Waals surface area contributed by atoms with Crippen molar-refractivity contribution in [3.05, 3.63) is 0 Å². The first-order chi connectivity index (χ1) is 8.45. The highest BCUT2D eigenvalue weighted by Crippen LogP contribution is 2.57. The maximum Gasteiger partial charge on any atom is 0.0690 e. The predicted molar refractivity (Wildman–Crippen MR) is 73.4 cm³/mol. The summed E-state index contributed by atoms with van der Waals surface area (Å²) in [5.74, 6) is 1.42. The van der Waals surface area contributed by atoms with Crippen LogP contribution in [0.1, 0.15) is 40.0 Å². The first-order valence-corrected chi connectivity index (χ1v) is 7.58. The second-order valence-corrected chi connectivity index (χ2v) is 7.43. The maximum absolute atomic E-state index is 6.84. The fourth-order valence-corrected chi connectivity index (χ4v) is 4.53. The van der Waals surface area contributed by atoms with Crippen molar-refractivity contribution in [3.8, 4) is 0 Å². The van der Waals surface area contributed by atoms with Gasteiger partial charge in [0, 0.05) is 36.6 Å². The molecule has 104 valence electrons. The summed E-state index contributed by atoms with van der Waals surface area (Å²) in [6.07, 6.45) is 4.18. The third-order valence-electron chi connectivity index (χ3n) is 5.89. The highest BCUT2D eigenvalue weighted by atomic mass is 16.5. The van der Waals surface area contributed by atoms with Crippen LogP contribution in [0, 0.1) is 17.3 Å². The minimum Gasteiger partial charge on any atom is -0.377 e. The van der Waals surface area contributed by atoms with Gasteiger partial charge in [-0.25, -0.2) is 0 Å². The molecular formula is C15H28N2O. The molecule has 0 spiro atoms. The van der Waals surface area contributed by atoms with Crippen molar-refractivity contribution in [3.63, 3.8) is 0 Å². The standard InChI is InChI=1S/C15H28N2O/c1-11-6-7-17(9-11)10-15(16)12-5-4-8-18-13(12)14(15,2)3/h11-13H,4-10,16H2,1-3H3. The number of hydrogen-bond acceptors (Lipinski definition) is 3. The van der Waals surface area contributed by atoms with E-state index >= 15 is 0 Å². The average Bonchev–Trinajstić information content (AvgIpc) is 2.74. The van der Waals surface area contributed by atoms with Crippen LogP contribution in [0.15, 0.2) is 0 Å². The van der Waals surface area contributed by atoms with Crippen LogP contribution in [0.4, 0.5) is 0 Å². The lowest BCUT2D eigenvalue weighted by Gasteiger charge is -2.67. The Morgan fingerprint density at radius 3 is 2.78 bits per heavy atom. The van der Waals surface area contributed by atoms with E-state index in [1.54, 1.807) is 0 Å². The normalized spacial score (nSPS) is 47.7. The quantitative estimate of drug-likeness (QED) is 0.815. The fourth-order valence-electron chi connectivity index (χ4n) is 4.53. The van der Waals surface area contributed by atoms with Gasteiger partial charge in [-0.15, -0.1) is 0 Å². The van der Waals surface area contributed by atoms with Gasteiger partial charge in [0.15, 0.2) is 0 Å². The van der Waals surface area contributed by atoms with E-state index in [0.717, 1.165) is 19.1 Å². The van der Waals surface area contributed by atoms with Crippen molar-refractivity contribution >= 4 is 0 Å². The minimum atomic E-state index is -0.0395. The van der Waals surface area contributed by atoms with E-state index in [4.69, 9.17) is 10.5 Å². The lowest BCUT2D eigenvalue weighted by Crippen LogP contribution is -2.80. The number of fused-ring (bicyclic) bond motifs is 1. The smallest absolute Gasteiger partial charge is 0.0690 e. The Hall–Kier alpha value is -0.120. The Morgan fingerprint density at radius 2 is 2.11 bits per heavy atom. The number of rotatable bonds is 2. The summed E-state index contributed by atoms with van der Waals surface area (Å²) in [5.41, 5.74) is 6.93. The van der Waals surface area contributed by atoms with E-state index in [-0.39, 0.29) is 11.0 Å². The van der Waals surface area contributed by atoms with Gasteiger partial charge in [-0.05, 0) is 31.7 Å². The fraction of sp³-hybridized carbons (Fsp3) is 1.00. The molecule has 0 aromatic heterocycles. The number of hydrogen-bond donors (Lipinski definition) is 1. The monoisotopic (exact) mass is 252 g/mol. The molecule has 2 heterocycles. The van der Waals surface area contributed by atoms with Gasteiger partial charge in [0.05, 0.1) is 6.10 Å². The van der Waals surface area contributed by atoms with Gasteiger partial charge in [0.1, 0.15) is 0 Å². The summed E-state index contributed by atoms with van der Waals surface area (Å²) in [6.45, 7) is 11.4. The zero-order valence-corrected chi connectivity index (χ0v) is 12.1. The van der Waals surface area contributed by atoms with Gasteiger partial charge in [-0.2, -0.15) is 0 Å². The van der Waals surface area contributed by atoms with Crippen LogP contribution < -0.4 is 5.73 Å². The highest BCUT2D eigenvalue weighted by Gasteiger charge is 2.66. The number of nitrogens with zero attached hydrogens (tertiary/aromatic N) is 1. The Morgan fingerprint density at radius 1 is 1.33 bits per heavy atom. The average molecular weight is 252 g/mol. The highest BCUT2D eigenvalue weighted by molar-refractivity contribution is 5.21. The molecule has 3 aliphatic rings. The van der Waals surface area contributed by atoms with E-state index in [0.29, 0.717) is 12.0 Å². The van der Waals surface area contributed by atoms with Gasteiger partial charge in [0.2, 0.25) is 0 Å². The van der Waals surface area contributed by atoms with Gasteiger partial charge in [0.25, 0.3) is 0 Å². The van der Waals surface area contributed by atoms with Crippen LogP contribution in [-0.2, 0) is 4.74 Å². The Kier molecular flexibility index (Phi) is 3.00. The number of ether oxygens (including phenoxy) is 1. The molecule has 3 fully saturated rings. The molecule has 0 bridgehead atoms. The lowest BCUT2D eigenvalue weighted by molar-refractivity contribution is -0.231. The molecule has 2 aliphatic heterocycles. The Labute approximate surface area is 111 Å². The lowest BCUT2D eigenvalue weighted by atomic mass is 9.46. The van der Waals surface area contributed by atoms with Crippen molar-refractivity contribution in [1.82, 2.24) is 4.90 Å². The molecule has 0 radical (unpaired) electrons. The molecular weight excluding hydrogens is 224 g/mol. The van der Waals surface area contributed by atoms with E-state index in [1.807, 2.05) is 0 Å². The molecule has 0 aromatic carbocycles. The van der Waals surface area contributed by atoms with Crippen molar-refractivity contribution in [2.45, 2.75) is 51.7 Å². The molecule has 2 saturated heterocycles. The van der Waals surface area contributed by atoms with Crippen molar-refractivity contribution < 1.29 is 4.74 Å². The van der Waals surface area contributed by atoms with E-state index in [9.17, 15) is 0 Å². The van der Waals surface area contributed by atoms with E-state index in [1.165, 1.54) is 32.4 Å². The Balaban J connectivity index is 1.72. The van der Waals surface area contributed by atoms with Gasteiger partial charge in [-0.1, -0.05) is 20.8 Å². The minimum absolute atomic E-state index is 0.0395. The molecule has 2 N–H and O–H groups in total. The predicted octanol–water partition coefficient (Wildman–Crippen LogP) is 1.86. The summed E-state index contributed by atoms with van der Waals surface area (Å²) < 4.78 is 5.97. The molecule has 18 heavy (non-hydrogen) atoms. The topological polar surface area (TPSA) is 38.5 Å². The summed E-state index contributed by atoms with van der Waals surface area (Å²) in [4.78, 5) is 2.58. The molecule has 1 aliphatic carbocycles. The third-order valence-corrected chi connectivity index (χ3v) is 5.89. The number of nitrogens with two attached hydrogens (primary N) is 1. The van der Waals surface area contributed by atoms with Crippen LogP contribution >= 0.6 is 0 Å². The van der Waals surface area contributed by atoms with E-state index < -0.39 is 0 Å².